The molecule has 0 spiro atoms. The summed E-state index contributed by atoms with van der Waals surface area (Å²) in [6.45, 7) is 3.90. The number of methoxy groups -OCH3 is 2. The van der Waals surface area contributed by atoms with E-state index in [1.54, 1.807) is 7.11 Å². The van der Waals surface area contributed by atoms with E-state index < -0.39 is 0 Å². The fourth-order valence-corrected chi connectivity index (χ4v) is 1.90. The average molecular weight is 435 g/mol. The van der Waals surface area contributed by atoms with Gasteiger partial charge >= 0.3 is 5.97 Å². The van der Waals surface area contributed by atoms with Gasteiger partial charge in [-0.25, -0.2) is 0 Å². The Balaban J connectivity index is 0.00000484. The van der Waals surface area contributed by atoms with Crippen LogP contribution in [0.15, 0.2) is 29.3 Å². The molecule has 1 rings (SSSR count). The van der Waals surface area contributed by atoms with E-state index in [0.29, 0.717) is 13.1 Å². The zero-order valence-electron chi connectivity index (χ0n) is 14.2. The van der Waals surface area contributed by atoms with E-state index in [1.165, 1.54) is 7.11 Å². The zero-order chi connectivity index (χ0) is 16.4. The highest BCUT2D eigenvalue weighted by Crippen LogP contribution is 2.12. The Hall–Kier alpha value is -1.51. The van der Waals surface area contributed by atoms with Crippen molar-refractivity contribution in [2.75, 3.05) is 34.4 Å². The Morgan fingerprint density at radius 1 is 1.26 bits per heavy atom. The van der Waals surface area contributed by atoms with Crippen LogP contribution in [0.5, 0.6) is 5.75 Å². The van der Waals surface area contributed by atoms with Crippen LogP contribution in [0, 0.1) is 0 Å². The van der Waals surface area contributed by atoms with Crippen LogP contribution in [0.4, 0.5) is 0 Å². The maximum atomic E-state index is 11.1. The van der Waals surface area contributed by atoms with Crippen LogP contribution >= 0.6 is 24.0 Å². The second-order valence-corrected chi connectivity index (χ2v) is 4.77. The predicted octanol–water partition coefficient (Wildman–Crippen LogP) is 2.27. The molecule has 0 atom stereocenters. The van der Waals surface area contributed by atoms with E-state index in [2.05, 4.69) is 15.0 Å². The van der Waals surface area contributed by atoms with E-state index in [1.807, 2.05) is 43.1 Å². The van der Waals surface area contributed by atoms with Crippen molar-refractivity contribution >= 4 is 35.9 Å². The Kier molecular flexibility index (Phi) is 11.2. The van der Waals surface area contributed by atoms with Crippen molar-refractivity contribution in [3.05, 3.63) is 29.8 Å². The van der Waals surface area contributed by atoms with Gasteiger partial charge < -0.3 is 19.7 Å². The number of rotatable bonds is 7. The molecule has 0 aliphatic rings. The maximum absolute atomic E-state index is 11.1. The monoisotopic (exact) mass is 435 g/mol. The van der Waals surface area contributed by atoms with Crippen molar-refractivity contribution in [1.29, 1.82) is 0 Å². The van der Waals surface area contributed by atoms with Gasteiger partial charge in [0.1, 0.15) is 5.75 Å². The van der Waals surface area contributed by atoms with Gasteiger partial charge in [0, 0.05) is 20.1 Å². The van der Waals surface area contributed by atoms with Crippen LogP contribution < -0.4 is 10.1 Å². The molecule has 23 heavy (non-hydrogen) atoms. The standard InChI is InChI=1S/C16H25N3O3.HI/c1-5-17-16(18-11-10-15(20)22-4)19(2)12-13-6-8-14(21-3)9-7-13;/h6-9H,5,10-12H2,1-4H3,(H,17,18);1H. The van der Waals surface area contributed by atoms with Gasteiger partial charge in [0.25, 0.3) is 0 Å². The van der Waals surface area contributed by atoms with Crippen LogP contribution in [-0.2, 0) is 16.1 Å². The first-order valence-corrected chi connectivity index (χ1v) is 7.29. The fourth-order valence-electron chi connectivity index (χ4n) is 1.90. The first-order valence-electron chi connectivity index (χ1n) is 7.29. The summed E-state index contributed by atoms with van der Waals surface area (Å²) in [6.07, 6.45) is 0.280. The van der Waals surface area contributed by atoms with E-state index >= 15 is 0 Å². The van der Waals surface area contributed by atoms with Gasteiger partial charge in [-0.2, -0.15) is 0 Å². The number of ether oxygens (including phenoxy) is 2. The fraction of sp³-hybridized carbons (Fsp3) is 0.500. The number of esters is 1. The number of guanidine groups is 1. The molecule has 0 radical (unpaired) electrons. The molecule has 0 saturated carbocycles. The molecule has 6 nitrogen and oxygen atoms in total. The van der Waals surface area contributed by atoms with Crippen molar-refractivity contribution in [1.82, 2.24) is 10.2 Å². The van der Waals surface area contributed by atoms with Crippen molar-refractivity contribution < 1.29 is 14.3 Å². The number of halogens is 1. The maximum Gasteiger partial charge on any atom is 0.307 e. The third-order valence-electron chi connectivity index (χ3n) is 3.08. The summed E-state index contributed by atoms with van der Waals surface area (Å²) in [7, 11) is 5.00. The number of carbonyl (C=O) groups is 1. The molecule has 1 aromatic rings. The first-order chi connectivity index (χ1) is 10.6. The molecule has 0 amide bonds. The number of benzene rings is 1. The predicted molar refractivity (Wildman–Crippen MR) is 102 cm³/mol. The number of carbonyl (C=O) groups excluding carboxylic acids is 1. The molecule has 0 fully saturated rings. The lowest BCUT2D eigenvalue weighted by Crippen LogP contribution is -2.38. The van der Waals surface area contributed by atoms with Gasteiger partial charge in [0.05, 0.1) is 27.2 Å². The third-order valence-corrected chi connectivity index (χ3v) is 3.08. The summed E-state index contributed by atoms with van der Waals surface area (Å²) >= 11 is 0. The molecular formula is C16H26IN3O3. The summed E-state index contributed by atoms with van der Waals surface area (Å²) in [5.74, 6) is 1.35. The minimum absolute atomic E-state index is 0. The van der Waals surface area contributed by atoms with Gasteiger partial charge in [0.15, 0.2) is 5.96 Å². The number of hydrogen-bond donors (Lipinski definition) is 1. The molecule has 0 heterocycles. The van der Waals surface area contributed by atoms with Gasteiger partial charge in [-0.1, -0.05) is 12.1 Å². The molecular weight excluding hydrogens is 409 g/mol. The molecule has 0 unspecified atom stereocenters. The zero-order valence-corrected chi connectivity index (χ0v) is 16.5. The highest BCUT2D eigenvalue weighted by atomic mass is 127. The van der Waals surface area contributed by atoms with Crippen molar-refractivity contribution in [3.8, 4) is 5.75 Å². The molecule has 1 aromatic carbocycles. The average Bonchev–Trinajstić information content (AvgIpc) is 2.54. The Morgan fingerprint density at radius 3 is 2.43 bits per heavy atom. The Bertz CT molecular complexity index is 492. The van der Waals surface area contributed by atoms with Gasteiger partial charge in [0.2, 0.25) is 0 Å². The normalized spacial score (nSPS) is 10.5. The minimum atomic E-state index is -0.252. The highest BCUT2D eigenvalue weighted by molar-refractivity contribution is 14.0. The first kappa shape index (κ1) is 21.5. The van der Waals surface area contributed by atoms with Crippen LogP contribution in [0.2, 0.25) is 0 Å². The van der Waals surface area contributed by atoms with Crippen LogP contribution in [0.3, 0.4) is 0 Å². The van der Waals surface area contributed by atoms with Crippen LogP contribution in [-0.4, -0.2) is 51.2 Å². The summed E-state index contributed by atoms with van der Waals surface area (Å²) in [4.78, 5) is 17.6. The van der Waals surface area contributed by atoms with Crippen molar-refractivity contribution in [2.24, 2.45) is 4.99 Å². The van der Waals surface area contributed by atoms with E-state index in [0.717, 1.165) is 23.8 Å². The smallest absolute Gasteiger partial charge is 0.307 e. The summed E-state index contributed by atoms with van der Waals surface area (Å²) in [6, 6.07) is 7.91. The third kappa shape index (κ3) is 8.06. The lowest BCUT2D eigenvalue weighted by molar-refractivity contribution is -0.140. The summed E-state index contributed by atoms with van der Waals surface area (Å²) in [5.41, 5.74) is 1.15. The van der Waals surface area contributed by atoms with Gasteiger partial charge in [-0.15, -0.1) is 24.0 Å². The Morgan fingerprint density at radius 2 is 1.91 bits per heavy atom. The lowest BCUT2D eigenvalue weighted by atomic mass is 10.2. The van der Waals surface area contributed by atoms with Crippen LogP contribution in [0.1, 0.15) is 18.9 Å². The largest absolute Gasteiger partial charge is 0.497 e. The van der Waals surface area contributed by atoms with Crippen molar-refractivity contribution in [2.45, 2.75) is 19.9 Å². The molecule has 0 aromatic heterocycles. The lowest BCUT2D eigenvalue weighted by Gasteiger charge is -2.22. The van der Waals surface area contributed by atoms with E-state index in [4.69, 9.17) is 4.74 Å². The summed E-state index contributed by atoms with van der Waals surface area (Å²) in [5, 5.41) is 3.22. The molecule has 1 N–H and O–H groups in total. The number of nitrogens with one attached hydrogen (secondary N) is 1. The number of nitrogens with zero attached hydrogens (tertiary/aromatic N) is 2. The highest BCUT2D eigenvalue weighted by Gasteiger charge is 2.07. The quantitative estimate of drug-likeness (QED) is 0.308. The van der Waals surface area contributed by atoms with Gasteiger partial charge in [-0.3, -0.25) is 9.79 Å². The van der Waals surface area contributed by atoms with E-state index in [-0.39, 0.29) is 36.4 Å². The van der Waals surface area contributed by atoms with Crippen molar-refractivity contribution in [3.63, 3.8) is 0 Å². The molecule has 0 aliphatic heterocycles. The number of hydrogen-bond acceptors (Lipinski definition) is 4. The second kappa shape index (κ2) is 12.0. The second-order valence-electron chi connectivity index (χ2n) is 4.77. The van der Waals surface area contributed by atoms with Gasteiger partial charge in [-0.05, 0) is 24.6 Å². The molecule has 130 valence electrons. The molecule has 0 saturated heterocycles. The molecule has 0 aliphatic carbocycles. The molecule has 0 bridgehead atoms. The van der Waals surface area contributed by atoms with E-state index in [9.17, 15) is 4.79 Å². The topological polar surface area (TPSA) is 63.2 Å². The SMILES string of the molecule is CCNC(=NCCC(=O)OC)N(C)Cc1ccc(OC)cc1.I. The molecule has 7 heteroatoms. The minimum Gasteiger partial charge on any atom is -0.497 e. The summed E-state index contributed by atoms with van der Waals surface area (Å²) < 4.78 is 9.77. The van der Waals surface area contributed by atoms with Crippen LogP contribution in [0.25, 0.3) is 0 Å². The number of aliphatic imine (C=N–C) groups is 1. The Labute approximate surface area is 155 Å².